The predicted octanol–water partition coefficient (Wildman–Crippen LogP) is 2.13. The Balaban J connectivity index is 2.23. The highest BCUT2D eigenvalue weighted by Gasteiger charge is 2.04. The number of nitrogens with zero attached hydrogens (tertiary/aromatic N) is 2. The van der Waals surface area contributed by atoms with Crippen molar-refractivity contribution in [1.29, 1.82) is 0 Å². The molecule has 0 fully saturated rings. The molecule has 0 amide bonds. The van der Waals surface area contributed by atoms with Crippen LogP contribution in [0.5, 0.6) is 11.6 Å². The number of aromatic nitrogens is 2. The molecule has 0 aliphatic carbocycles. The van der Waals surface area contributed by atoms with Gasteiger partial charge in [0.15, 0.2) is 0 Å². The van der Waals surface area contributed by atoms with Crippen LogP contribution in [0.15, 0.2) is 30.3 Å². The van der Waals surface area contributed by atoms with E-state index in [2.05, 4.69) is 9.97 Å². The van der Waals surface area contributed by atoms with E-state index >= 15 is 0 Å². The van der Waals surface area contributed by atoms with Crippen molar-refractivity contribution in [3.8, 4) is 11.6 Å². The quantitative estimate of drug-likeness (QED) is 0.792. The first-order valence-electron chi connectivity index (χ1n) is 4.37. The van der Waals surface area contributed by atoms with Gasteiger partial charge < -0.3 is 10.5 Å². The van der Waals surface area contributed by atoms with Crippen LogP contribution in [0.25, 0.3) is 0 Å². The van der Waals surface area contributed by atoms with E-state index in [0.717, 1.165) is 6.07 Å². The van der Waals surface area contributed by atoms with E-state index in [4.69, 9.17) is 10.5 Å². The SMILES string of the molecule is Nc1nc(F)cc(Oc2ccc(F)cc2)n1. The molecule has 0 saturated carbocycles. The number of anilines is 1. The highest BCUT2D eigenvalue weighted by Crippen LogP contribution is 2.20. The van der Waals surface area contributed by atoms with E-state index in [0.29, 0.717) is 5.75 Å². The van der Waals surface area contributed by atoms with Gasteiger partial charge in [-0.15, -0.1) is 0 Å². The van der Waals surface area contributed by atoms with E-state index < -0.39 is 5.95 Å². The average molecular weight is 223 g/mol. The molecule has 0 saturated heterocycles. The fourth-order valence-electron chi connectivity index (χ4n) is 1.09. The van der Waals surface area contributed by atoms with Crippen molar-refractivity contribution in [2.45, 2.75) is 0 Å². The Morgan fingerprint density at radius 2 is 1.75 bits per heavy atom. The van der Waals surface area contributed by atoms with Gasteiger partial charge in [0.05, 0.1) is 6.07 Å². The number of rotatable bonds is 2. The molecule has 2 aromatic rings. The second-order valence-corrected chi connectivity index (χ2v) is 2.94. The van der Waals surface area contributed by atoms with Gasteiger partial charge in [0.25, 0.3) is 0 Å². The van der Waals surface area contributed by atoms with Crippen LogP contribution in [0.3, 0.4) is 0 Å². The molecule has 1 aromatic heterocycles. The third-order valence-electron chi connectivity index (χ3n) is 1.72. The summed E-state index contributed by atoms with van der Waals surface area (Å²) in [5, 5.41) is 0. The normalized spacial score (nSPS) is 10.1. The van der Waals surface area contributed by atoms with Crippen molar-refractivity contribution in [3.63, 3.8) is 0 Å². The number of nitrogens with two attached hydrogens (primary N) is 1. The molecule has 0 atom stereocenters. The zero-order valence-electron chi connectivity index (χ0n) is 8.02. The summed E-state index contributed by atoms with van der Waals surface area (Å²) in [4.78, 5) is 6.91. The Labute approximate surface area is 89.7 Å². The molecule has 4 nitrogen and oxygen atoms in total. The van der Waals surface area contributed by atoms with Crippen molar-refractivity contribution in [1.82, 2.24) is 9.97 Å². The molecule has 1 heterocycles. The Kier molecular flexibility index (Phi) is 2.63. The monoisotopic (exact) mass is 223 g/mol. The molecular formula is C10H7F2N3O. The van der Waals surface area contributed by atoms with E-state index in [1.807, 2.05) is 0 Å². The van der Waals surface area contributed by atoms with Crippen LogP contribution in [0.1, 0.15) is 0 Å². The average Bonchev–Trinajstić information content (AvgIpc) is 2.20. The maximum absolute atomic E-state index is 12.8. The molecule has 16 heavy (non-hydrogen) atoms. The second kappa shape index (κ2) is 4.09. The molecule has 6 heteroatoms. The van der Waals surface area contributed by atoms with Crippen LogP contribution in [0.4, 0.5) is 14.7 Å². The molecule has 0 bridgehead atoms. The molecular weight excluding hydrogens is 216 g/mol. The molecule has 2 N–H and O–H groups in total. The minimum atomic E-state index is -0.787. The first kappa shape index (κ1) is 10.3. The number of hydrogen-bond donors (Lipinski definition) is 1. The Morgan fingerprint density at radius 1 is 1.06 bits per heavy atom. The minimum absolute atomic E-state index is 0.0309. The van der Waals surface area contributed by atoms with E-state index in [-0.39, 0.29) is 17.6 Å². The lowest BCUT2D eigenvalue weighted by Gasteiger charge is -2.04. The lowest BCUT2D eigenvalue weighted by atomic mass is 10.3. The lowest BCUT2D eigenvalue weighted by Crippen LogP contribution is -1.99. The largest absolute Gasteiger partial charge is 0.439 e. The Hall–Kier alpha value is -2.24. The van der Waals surface area contributed by atoms with Crippen LogP contribution in [-0.4, -0.2) is 9.97 Å². The lowest BCUT2D eigenvalue weighted by molar-refractivity contribution is 0.451. The molecule has 0 spiro atoms. The molecule has 0 aliphatic heterocycles. The Bertz CT molecular complexity index is 482. The van der Waals surface area contributed by atoms with Crippen molar-refractivity contribution in [3.05, 3.63) is 42.1 Å². The Morgan fingerprint density at radius 3 is 2.38 bits per heavy atom. The van der Waals surface area contributed by atoms with Gasteiger partial charge in [-0.3, -0.25) is 0 Å². The summed E-state index contributed by atoms with van der Waals surface area (Å²) in [5.74, 6) is -1.10. The zero-order chi connectivity index (χ0) is 11.5. The summed E-state index contributed by atoms with van der Waals surface area (Å²) in [6, 6.07) is 6.21. The van der Waals surface area contributed by atoms with Gasteiger partial charge in [0.1, 0.15) is 11.6 Å². The first-order valence-corrected chi connectivity index (χ1v) is 4.37. The van der Waals surface area contributed by atoms with Crippen LogP contribution in [0, 0.1) is 11.8 Å². The fourth-order valence-corrected chi connectivity index (χ4v) is 1.09. The summed E-state index contributed by atoms with van der Waals surface area (Å²) in [6.07, 6.45) is 0. The first-order chi connectivity index (χ1) is 7.63. The smallest absolute Gasteiger partial charge is 0.227 e. The standard InChI is InChI=1S/C10H7F2N3O/c11-6-1-3-7(4-2-6)16-9-5-8(12)14-10(13)15-9/h1-5H,(H2,13,14,15). The third-order valence-corrected chi connectivity index (χ3v) is 1.72. The zero-order valence-corrected chi connectivity index (χ0v) is 8.02. The van der Waals surface area contributed by atoms with Crippen molar-refractivity contribution >= 4 is 5.95 Å². The molecule has 0 unspecified atom stereocenters. The maximum atomic E-state index is 12.8. The number of benzene rings is 1. The summed E-state index contributed by atoms with van der Waals surface area (Å²) >= 11 is 0. The maximum Gasteiger partial charge on any atom is 0.227 e. The van der Waals surface area contributed by atoms with E-state index in [1.54, 1.807) is 0 Å². The van der Waals surface area contributed by atoms with Crippen LogP contribution in [0.2, 0.25) is 0 Å². The van der Waals surface area contributed by atoms with Gasteiger partial charge in [-0.05, 0) is 24.3 Å². The molecule has 0 radical (unpaired) electrons. The number of hydrogen-bond acceptors (Lipinski definition) is 4. The van der Waals surface area contributed by atoms with Gasteiger partial charge >= 0.3 is 0 Å². The highest BCUT2D eigenvalue weighted by atomic mass is 19.1. The number of ether oxygens (including phenoxy) is 1. The molecule has 0 aliphatic rings. The van der Waals surface area contributed by atoms with Crippen molar-refractivity contribution < 1.29 is 13.5 Å². The summed E-state index contributed by atoms with van der Waals surface area (Å²) < 4.78 is 30.6. The summed E-state index contributed by atoms with van der Waals surface area (Å²) in [5.41, 5.74) is 5.23. The van der Waals surface area contributed by atoms with Gasteiger partial charge in [0, 0.05) is 0 Å². The van der Waals surface area contributed by atoms with Crippen LogP contribution >= 0.6 is 0 Å². The van der Waals surface area contributed by atoms with Crippen molar-refractivity contribution in [2.75, 3.05) is 5.73 Å². The van der Waals surface area contributed by atoms with E-state index in [9.17, 15) is 8.78 Å². The van der Waals surface area contributed by atoms with Gasteiger partial charge in [-0.25, -0.2) is 4.39 Å². The molecule has 2 rings (SSSR count). The van der Waals surface area contributed by atoms with Crippen molar-refractivity contribution in [2.24, 2.45) is 0 Å². The second-order valence-electron chi connectivity index (χ2n) is 2.94. The number of nitrogen functional groups attached to an aromatic ring is 1. The van der Waals surface area contributed by atoms with Gasteiger partial charge in [-0.2, -0.15) is 14.4 Å². The third kappa shape index (κ3) is 2.41. The number of halogens is 2. The summed E-state index contributed by atoms with van der Waals surface area (Å²) in [6.45, 7) is 0. The molecule has 82 valence electrons. The van der Waals surface area contributed by atoms with Gasteiger partial charge in [0.2, 0.25) is 17.8 Å². The summed E-state index contributed by atoms with van der Waals surface area (Å²) in [7, 11) is 0. The predicted molar refractivity (Wildman–Crippen MR) is 52.9 cm³/mol. The molecule has 1 aromatic carbocycles. The topological polar surface area (TPSA) is 61.0 Å². The van der Waals surface area contributed by atoms with Crippen LogP contribution < -0.4 is 10.5 Å². The fraction of sp³-hybridized carbons (Fsp3) is 0. The highest BCUT2D eigenvalue weighted by molar-refractivity contribution is 5.29. The van der Waals surface area contributed by atoms with Crippen LogP contribution in [-0.2, 0) is 0 Å². The minimum Gasteiger partial charge on any atom is -0.439 e. The van der Waals surface area contributed by atoms with Gasteiger partial charge in [-0.1, -0.05) is 0 Å². The van der Waals surface area contributed by atoms with E-state index in [1.165, 1.54) is 24.3 Å².